The Morgan fingerprint density at radius 1 is 0.415 bits per heavy atom. The molecule has 0 aliphatic rings. The third kappa shape index (κ3) is 5.95. The van der Waals surface area contributed by atoms with Crippen molar-refractivity contribution in [2.75, 3.05) is 9.80 Å². The summed E-state index contributed by atoms with van der Waals surface area (Å²) in [5.74, 6) is 0.828. The summed E-state index contributed by atoms with van der Waals surface area (Å²) >= 11 is 0. The van der Waals surface area contributed by atoms with E-state index >= 15 is 0 Å². The van der Waals surface area contributed by atoms with E-state index in [1.165, 1.54) is 0 Å². The Bertz CT molecular complexity index is 2480. The highest BCUT2D eigenvalue weighted by molar-refractivity contribution is 6.12. The van der Waals surface area contributed by atoms with Crippen molar-refractivity contribution in [1.29, 1.82) is 5.26 Å². The lowest BCUT2D eigenvalue weighted by Crippen LogP contribution is -2.09. The van der Waals surface area contributed by atoms with Gasteiger partial charge in [0.2, 0.25) is 0 Å². The molecule has 0 N–H and O–H groups in total. The zero-order valence-electron chi connectivity index (χ0n) is 28.8. The molecule has 0 amide bonds. The minimum atomic E-state index is 0.638. The van der Waals surface area contributed by atoms with Crippen LogP contribution in [0.4, 0.5) is 34.1 Å². The van der Waals surface area contributed by atoms with Gasteiger partial charge in [-0.25, -0.2) is 4.98 Å². The first kappa shape index (κ1) is 31.6. The van der Waals surface area contributed by atoms with Gasteiger partial charge in [-0.3, -0.25) is 4.57 Å². The van der Waals surface area contributed by atoms with E-state index in [4.69, 9.17) is 4.98 Å². The van der Waals surface area contributed by atoms with Gasteiger partial charge in [-0.2, -0.15) is 5.26 Å². The van der Waals surface area contributed by atoms with Gasteiger partial charge in [0.1, 0.15) is 5.82 Å². The number of pyridine rings is 1. The SMILES string of the molecule is N#Cc1ccc(-c2ccc(-n3c4ccc(N(c5ccccc5)c5ccccc5)cc4c4cc(N(c5ccccc5)c5ccccc5)ccc43)nc2)cc1. The number of rotatable bonds is 8. The van der Waals surface area contributed by atoms with E-state index in [2.05, 4.69) is 190 Å². The van der Waals surface area contributed by atoms with Crippen LogP contribution < -0.4 is 9.80 Å². The summed E-state index contributed by atoms with van der Waals surface area (Å²) in [5.41, 5.74) is 11.2. The number of benzene rings is 7. The molecule has 0 saturated heterocycles. The summed E-state index contributed by atoms with van der Waals surface area (Å²) < 4.78 is 2.26. The zero-order valence-corrected chi connectivity index (χ0v) is 28.8. The number of anilines is 6. The quantitative estimate of drug-likeness (QED) is 0.160. The number of nitriles is 1. The predicted octanol–water partition coefficient (Wildman–Crippen LogP) is 12.7. The molecule has 0 saturated carbocycles. The summed E-state index contributed by atoms with van der Waals surface area (Å²) in [6.07, 6.45) is 1.91. The molecule has 2 heterocycles. The minimum Gasteiger partial charge on any atom is -0.310 e. The highest BCUT2D eigenvalue weighted by atomic mass is 15.2. The summed E-state index contributed by atoms with van der Waals surface area (Å²) in [6, 6.07) is 69.5. The molecule has 0 unspecified atom stereocenters. The third-order valence-electron chi connectivity index (χ3n) is 9.63. The van der Waals surface area contributed by atoms with Crippen LogP contribution in [0.2, 0.25) is 0 Å². The lowest BCUT2D eigenvalue weighted by molar-refractivity contribution is 1.08. The molecule has 2 aromatic heterocycles. The van der Waals surface area contributed by atoms with Crippen LogP contribution in [-0.4, -0.2) is 9.55 Å². The van der Waals surface area contributed by atoms with Crippen molar-refractivity contribution in [2.24, 2.45) is 0 Å². The van der Waals surface area contributed by atoms with Crippen molar-refractivity contribution in [3.05, 3.63) is 206 Å². The largest absolute Gasteiger partial charge is 0.310 e. The monoisotopic (exact) mass is 679 g/mol. The van der Waals surface area contributed by atoms with Crippen LogP contribution >= 0.6 is 0 Å². The first-order valence-electron chi connectivity index (χ1n) is 17.6. The molecule has 0 spiro atoms. The molecular formula is C48H33N5. The normalized spacial score (nSPS) is 11.0. The second kappa shape index (κ2) is 13.7. The average Bonchev–Trinajstić information content (AvgIpc) is 3.56. The number of hydrogen-bond donors (Lipinski definition) is 0. The van der Waals surface area contributed by atoms with Crippen LogP contribution in [0.1, 0.15) is 5.56 Å². The van der Waals surface area contributed by atoms with E-state index in [9.17, 15) is 5.26 Å². The van der Waals surface area contributed by atoms with E-state index < -0.39 is 0 Å². The lowest BCUT2D eigenvalue weighted by atomic mass is 10.1. The lowest BCUT2D eigenvalue weighted by Gasteiger charge is -2.26. The Morgan fingerprint density at radius 3 is 1.21 bits per heavy atom. The molecule has 0 aliphatic carbocycles. The molecular weight excluding hydrogens is 647 g/mol. The van der Waals surface area contributed by atoms with E-state index in [-0.39, 0.29) is 0 Å². The van der Waals surface area contributed by atoms with Crippen molar-refractivity contribution in [3.63, 3.8) is 0 Å². The Labute approximate surface area is 308 Å². The van der Waals surface area contributed by atoms with Crippen LogP contribution in [0.3, 0.4) is 0 Å². The second-order valence-corrected chi connectivity index (χ2v) is 12.8. The van der Waals surface area contributed by atoms with E-state index in [0.29, 0.717) is 5.56 Å². The van der Waals surface area contributed by atoms with Gasteiger partial charge in [-0.05, 0) is 115 Å². The zero-order chi connectivity index (χ0) is 35.6. The minimum absolute atomic E-state index is 0.638. The van der Waals surface area contributed by atoms with Crippen LogP contribution in [0.15, 0.2) is 200 Å². The fraction of sp³-hybridized carbons (Fsp3) is 0. The van der Waals surface area contributed by atoms with Crippen LogP contribution in [0, 0.1) is 11.3 Å². The molecule has 0 atom stereocenters. The van der Waals surface area contributed by atoms with E-state index in [1.54, 1.807) is 0 Å². The molecule has 250 valence electrons. The third-order valence-corrected chi connectivity index (χ3v) is 9.63. The van der Waals surface area contributed by atoms with Gasteiger partial charge in [-0.1, -0.05) is 84.9 Å². The van der Waals surface area contributed by atoms with Crippen molar-refractivity contribution < 1.29 is 0 Å². The van der Waals surface area contributed by atoms with Gasteiger partial charge in [-0.15, -0.1) is 0 Å². The number of fused-ring (bicyclic) bond motifs is 3. The maximum atomic E-state index is 9.27. The van der Waals surface area contributed by atoms with Crippen molar-refractivity contribution in [2.45, 2.75) is 0 Å². The fourth-order valence-corrected chi connectivity index (χ4v) is 7.15. The van der Waals surface area contributed by atoms with Gasteiger partial charge < -0.3 is 9.80 Å². The summed E-state index contributed by atoms with van der Waals surface area (Å²) in [4.78, 5) is 9.63. The first-order valence-corrected chi connectivity index (χ1v) is 17.6. The molecule has 9 rings (SSSR count). The number of para-hydroxylation sites is 4. The molecule has 0 bridgehead atoms. The molecule has 0 aliphatic heterocycles. The Hall–Kier alpha value is -7.42. The first-order chi connectivity index (χ1) is 26.2. The standard InChI is InChI=1S/C48H33N5/c49-33-35-21-23-36(24-22-35)37-25-30-48(50-34-37)53-46-28-26-42(51(38-13-5-1-6-14-38)39-15-7-2-8-16-39)31-44(46)45-32-43(27-29-47(45)53)52(40-17-9-3-10-18-40)41-19-11-4-12-20-41/h1-32,34H. The molecule has 7 aromatic carbocycles. The predicted molar refractivity (Wildman–Crippen MR) is 218 cm³/mol. The highest BCUT2D eigenvalue weighted by Gasteiger charge is 2.20. The van der Waals surface area contributed by atoms with E-state index in [0.717, 1.165) is 72.9 Å². The van der Waals surface area contributed by atoms with Gasteiger partial charge in [0.15, 0.2) is 0 Å². The Morgan fingerprint density at radius 2 is 0.830 bits per heavy atom. The smallest absolute Gasteiger partial charge is 0.137 e. The number of aromatic nitrogens is 2. The van der Waals surface area contributed by atoms with Crippen LogP contribution in [0.5, 0.6) is 0 Å². The maximum absolute atomic E-state index is 9.27. The molecule has 0 fully saturated rings. The average molecular weight is 680 g/mol. The van der Waals surface area contributed by atoms with Crippen molar-refractivity contribution in [3.8, 4) is 23.0 Å². The molecule has 9 aromatic rings. The summed E-state index contributed by atoms with van der Waals surface area (Å²) in [7, 11) is 0. The Balaban J connectivity index is 1.26. The maximum Gasteiger partial charge on any atom is 0.137 e. The molecule has 5 heteroatoms. The van der Waals surface area contributed by atoms with Crippen LogP contribution in [-0.2, 0) is 0 Å². The summed E-state index contributed by atoms with van der Waals surface area (Å²) in [5, 5.41) is 11.5. The van der Waals surface area contributed by atoms with Crippen molar-refractivity contribution in [1.82, 2.24) is 9.55 Å². The highest BCUT2D eigenvalue weighted by Crippen LogP contribution is 2.42. The molecule has 53 heavy (non-hydrogen) atoms. The number of nitrogens with zero attached hydrogens (tertiary/aromatic N) is 5. The summed E-state index contributed by atoms with van der Waals surface area (Å²) in [6.45, 7) is 0. The van der Waals surface area contributed by atoms with Gasteiger partial charge in [0.25, 0.3) is 0 Å². The van der Waals surface area contributed by atoms with Gasteiger partial charge in [0.05, 0.1) is 22.7 Å². The Kier molecular flexibility index (Phi) is 8.16. The topological polar surface area (TPSA) is 48.1 Å². The molecule has 0 radical (unpaired) electrons. The fourth-order valence-electron chi connectivity index (χ4n) is 7.15. The number of hydrogen-bond acceptors (Lipinski definition) is 4. The second-order valence-electron chi connectivity index (χ2n) is 12.8. The molecule has 5 nitrogen and oxygen atoms in total. The van der Waals surface area contributed by atoms with E-state index in [1.807, 2.05) is 30.5 Å². The van der Waals surface area contributed by atoms with Gasteiger partial charge >= 0.3 is 0 Å². The van der Waals surface area contributed by atoms with Crippen molar-refractivity contribution >= 4 is 55.9 Å². The van der Waals surface area contributed by atoms with Crippen LogP contribution in [0.25, 0.3) is 38.8 Å². The van der Waals surface area contributed by atoms with Gasteiger partial charge in [0, 0.05) is 56.7 Å².